The first-order valence-electron chi connectivity index (χ1n) is 8.06. The molecule has 4 aromatic rings. The normalized spacial score (nSPS) is 11.7. The van der Waals surface area contributed by atoms with E-state index >= 15 is 0 Å². The summed E-state index contributed by atoms with van der Waals surface area (Å²) in [6, 6.07) is 17.4. The average molecular weight is 411 g/mol. The number of halogens is 2. The van der Waals surface area contributed by atoms with Gasteiger partial charge in [-0.3, -0.25) is 0 Å². The Morgan fingerprint density at radius 3 is 2.63 bits per heavy atom. The summed E-state index contributed by atoms with van der Waals surface area (Å²) in [6.07, 6.45) is 1.73. The van der Waals surface area contributed by atoms with Crippen LogP contribution in [0.5, 0.6) is 0 Å². The Hall–Kier alpha value is -2.65. The van der Waals surface area contributed by atoms with Crippen LogP contribution in [-0.4, -0.2) is 14.8 Å². The Balaban J connectivity index is 1.83. The average Bonchev–Trinajstić information content (AvgIpc) is 3.22. The minimum atomic E-state index is 0.398. The molecule has 0 saturated carbocycles. The highest BCUT2D eigenvalue weighted by Gasteiger charge is 2.17. The molecule has 0 aliphatic carbocycles. The van der Waals surface area contributed by atoms with Gasteiger partial charge in [-0.25, -0.2) is 9.67 Å². The maximum absolute atomic E-state index is 9.67. The van der Waals surface area contributed by atoms with Crippen LogP contribution < -0.4 is 0 Å². The lowest BCUT2D eigenvalue weighted by Gasteiger charge is -2.05. The molecule has 27 heavy (non-hydrogen) atoms. The van der Waals surface area contributed by atoms with Crippen LogP contribution in [0.25, 0.3) is 27.6 Å². The molecule has 2 heterocycles. The van der Waals surface area contributed by atoms with Gasteiger partial charge < -0.3 is 0 Å². The van der Waals surface area contributed by atoms with Crippen LogP contribution in [-0.2, 0) is 0 Å². The van der Waals surface area contributed by atoms with Gasteiger partial charge in [0.05, 0.1) is 32.2 Å². The molecule has 0 radical (unpaired) electrons. The molecule has 0 aliphatic rings. The number of hydrogen-bond donors (Lipinski definition) is 0. The summed E-state index contributed by atoms with van der Waals surface area (Å²) in [5.41, 5.74) is 3.37. The quantitative estimate of drug-likeness (QED) is 0.379. The van der Waals surface area contributed by atoms with Gasteiger partial charge in [-0.15, -0.1) is 11.3 Å². The molecule has 0 unspecified atom stereocenters. The Morgan fingerprint density at radius 1 is 1.15 bits per heavy atom. The van der Waals surface area contributed by atoms with E-state index in [-0.39, 0.29) is 0 Å². The van der Waals surface area contributed by atoms with Gasteiger partial charge in [0.25, 0.3) is 0 Å². The van der Waals surface area contributed by atoms with Gasteiger partial charge in [-0.1, -0.05) is 47.5 Å². The van der Waals surface area contributed by atoms with Crippen LogP contribution in [0.2, 0.25) is 10.2 Å². The maximum atomic E-state index is 9.67. The number of aromatic nitrogens is 3. The number of para-hydroxylation sites is 2. The predicted octanol–water partition coefficient (Wildman–Crippen LogP) is 6.16. The summed E-state index contributed by atoms with van der Waals surface area (Å²) < 4.78 is 2.61. The van der Waals surface area contributed by atoms with Crippen molar-refractivity contribution in [2.75, 3.05) is 0 Å². The Kier molecular flexibility index (Phi) is 4.71. The summed E-state index contributed by atoms with van der Waals surface area (Å²) in [5.74, 6) is 0. The van der Waals surface area contributed by atoms with Crippen molar-refractivity contribution < 1.29 is 0 Å². The highest BCUT2D eigenvalue weighted by atomic mass is 35.5. The fourth-order valence-corrected chi connectivity index (χ4v) is 4.20. The molecular formula is C20H12Cl2N4S. The Morgan fingerprint density at radius 2 is 1.89 bits per heavy atom. The van der Waals surface area contributed by atoms with E-state index in [1.165, 1.54) is 11.3 Å². The van der Waals surface area contributed by atoms with E-state index in [0.717, 1.165) is 10.2 Å². The second-order valence-electron chi connectivity index (χ2n) is 5.81. The van der Waals surface area contributed by atoms with Crippen molar-refractivity contribution in [1.82, 2.24) is 14.8 Å². The molecule has 7 heteroatoms. The van der Waals surface area contributed by atoms with Gasteiger partial charge in [-0.2, -0.15) is 10.4 Å². The molecule has 0 saturated heterocycles. The summed E-state index contributed by atoms with van der Waals surface area (Å²) >= 11 is 14.3. The van der Waals surface area contributed by atoms with Crippen molar-refractivity contribution in [2.24, 2.45) is 0 Å². The minimum Gasteiger partial charge on any atom is -0.235 e. The van der Waals surface area contributed by atoms with Gasteiger partial charge in [0.2, 0.25) is 0 Å². The SMILES string of the molecule is Cc1nn(-c2ccccc2Cl)c(Cl)c1C=C(C#N)c1nc2ccccc2s1. The molecule has 132 valence electrons. The zero-order valence-corrected chi connectivity index (χ0v) is 16.5. The van der Waals surface area contributed by atoms with Crippen molar-refractivity contribution in [2.45, 2.75) is 6.92 Å². The molecule has 0 spiro atoms. The smallest absolute Gasteiger partial charge is 0.140 e. The van der Waals surface area contributed by atoms with Crippen molar-refractivity contribution in [3.8, 4) is 11.8 Å². The third-order valence-electron chi connectivity index (χ3n) is 4.06. The first-order chi connectivity index (χ1) is 13.1. The number of nitrogens with zero attached hydrogens (tertiary/aromatic N) is 4. The summed E-state index contributed by atoms with van der Waals surface area (Å²) in [4.78, 5) is 4.55. The highest BCUT2D eigenvalue weighted by Crippen LogP contribution is 2.32. The lowest BCUT2D eigenvalue weighted by Crippen LogP contribution is -1.97. The zero-order chi connectivity index (χ0) is 19.0. The van der Waals surface area contributed by atoms with Crippen LogP contribution in [0.4, 0.5) is 0 Å². The number of allylic oxidation sites excluding steroid dienone is 1. The maximum Gasteiger partial charge on any atom is 0.140 e. The molecule has 2 aromatic heterocycles. The van der Waals surface area contributed by atoms with Gasteiger partial charge in [0, 0.05) is 5.56 Å². The number of aryl methyl sites for hydroxylation is 1. The van der Waals surface area contributed by atoms with Crippen LogP contribution in [0.15, 0.2) is 48.5 Å². The summed E-state index contributed by atoms with van der Waals surface area (Å²) in [6.45, 7) is 1.85. The number of hydrogen-bond acceptors (Lipinski definition) is 4. The molecule has 0 N–H and O–H groups in total. The topological polar surface area (TPSA) is 54.5 Å². The lowest BCUT2D eigenvalue weighted by atomic mass is 10.2. The number of thiazole rings is 1. The molecule has 0 fully saturated rings. The summed E-state index contributed by atoms with van der Waals surface area (Å²) in [5, 5.41) is 15.8. The molecule has 0 bridgehead atoms. The third kappa shape index (κ3) is 3.24. The highest BCUT2D eigenvalue weighted by molar-refractivity contribution is 7.19. The molecule has 4 rings (SSSR count). The fraction of sp³-hybridized carbons (Fsp3) is 0.0500. The second-order valence-corrected chi connectivity index (χ2v) is 7.61. The standard InChI is InChI=1S/C20H12Cl2N4S/c1-12-14(19(22)26(25-12)17-8-4-2-6-15(17)21)10-13(11-23)20-24-16-7-3-5-9-18(16)27-20/h2-10H,1H3. The van der Waals surface area contributed by atoms with E-state index in [2.05, 4.69) is 16.2 Å². The lowest BCUT2D eigenvalue weighted by molar-refractivity contribution is 0.863. The molecule has 0 amide bonds. The number of benzene rings is 2. The van der Waals surface area contributed by atoms with Gasteiger partial charge >= 0.3 is 0 Å². The van der Waals surface area contributed by atoms with Crippen LogP contribution in [0, 0.1) is 18.3 Å². The second kappa shape index (κ2) is 7.16. The third-order valence-corrected chi connectivity index (χ3v) is 5.82. The van der Waals surface area contributed by atoms with Crippen molar-refractivity contribution in [3.05, 3.63) is 75.0 Å². The van der Waals surface area contributed by atoms with E-state index in [1.807, 2.05) is 49.4 Å². The van der Waals surface area contributed by atoms with Crippen molar-refractivity contribution >= 4 is 56.4 Å². The summed E-state index contributed by atoms with van der Waals surface area (Å²) in [7, 11) is 0. The molecule has 4 nitrogen and oxygen atoms in total. The van der Waals surface area contributed by atoms with Crippen molar-refractivity contribution in [3.63, 3.8) is 0 Å². The van der Waals surface area contributed by atoms with Gasteiger partial charge in [0.15, 0.2) is 0 Å². The fourth-order valence-electron chi connectivity index (χ4n) is 2.73. The number of fused-ring (bicyclic) bond motifs is 1. The predicted molar refractivity (Wildman–Crippen MR) is 111 cm³/mol. The van der Waals surface area contributed by atoms with Crippen LogP contribution >= 0.6 is 34.5 Å². The monoisotopic (exact) mass is 410 g/mol. The Bertz CT molecular complexity index is 1200. The zero-order valence-electron chi connectivity index (χ0n) is 14.1. The van der Waals surface area contributed by atoms with Gasteiger partial charge in [0.1, 0.15) is 16.2 Å². The van der Waals surface area contributed by atoms with Gasteiger partial charge in [-0.05, 0) is 37.3 Å². The van der Waals surface area contributed by atoms with Crippen LogP contribution in [0.1, 0.15) is 16.3 Å². The first kappa shape index (κ1) is 17.7. The number of nitriles is 1. The van der Waals surface area contributed by atoms with Crippen molar-refractivity contribution in [1.29, 1.82) is 5.26 Å². The molecular weight excluding hydrogens is 399 g/mol. The van der Waals surface area contributed by atoms with E-state index in [9.17, 15) is 5.26 Å². The molecule has 0 aliphatic heterocycles. The molecule has 0 atom stereocenters. The van der Waals surface area contributed by atoms with E-state index < -0.39 is 0 Å². The number of rotatable bonds is 3. The van der Waals surface area contributed by atoms with E-state index in [4.69, 9.17) is 23.2 Å². The molecule has 2 aromatic carbocycles. The van der Waals surface area contributed by atoms with Crippen LogP contribution in [0.3, 0.4) is 0 Å². The van der Waals surface area contributed by atoms with E-state index in [0.29, 0.717) is 37.7 Å². The largest absolute Gasteiger partial charge is 0.235 e. The Labute approximate surface area is 169 Å². The minimum absolute atomic E-state index is 0.398. The van der Waals surface area contributed by atoms with E-state index in [1.54, 1.807) is 16.8 Å². The first-order valence-corrected chi connectivity index (χ1v) is 9.63.